The van der Waals surface area contributed by atoms with Crippen LogP contribution in [-0.4, -0.2) is 49.8 Å². The van der Waals surface area contributed by atoms with Crippen LogP contribution >= 0.6 is 11.6 Å². The van der Waals surface area contributed by atoms with E-state index in [4.69, 9.17) is 16.3 Å². The molecule has 2 aliphatic rings. The summed E-state index contributed by atoms with van der Waals surface area (Å²) in [7, 11) is 1.67. The minimum atomic E-state index is -0.391. The van der Waals surface area contributed by atoms with Gasteiger partial charge < -0.3 is 14.5 Å². The molecule has 0 bridgehead atoms. The van der Waals surface area contributed by atoms with Crippen molar-refractivity contribution >= 4 is 34.5 Å². The average Bonchev–Trinajstić information content (AvgIpc) is 2.90. The molecule has 0 radical (unpaired) electrons. The quantitative estimate of drug-likeness (QED) is 0.542. The molecular weight excluding hydrogens is 450 g/mol. The van der Waals surface area contributed by atoms with Gasteiger partial charge >= 0.3 is 0 Å². The lowest BCUT2D eigenvalue weighted by Gasteiger charge is -2.37. The van der Waals surface area contributed by atoms with Gasteiger partial charge in [-0.25, -0.2) is 0 Å². The summed E-state index contributed by atoms with van der Waals surface area (Å²) < 4.78 is 5.25. The van der Waals surface area contributed by atoms with Gasteiger partial charge in [0.05, 0.1) is 17.7 Å². The highest BCUT2D eigenvalue weighted by Gasteiger charge is 2.32. The molecule has 3 aromatic rings. The number of Topliss-reactive ketones (excluding diaryl/α,β-unsaturated/α-hetero) is 2. The van der Waals surface area contributed by atoms with Crippen LogP contribution in [0.3, 0.4) is 0 Å². The summed E-state index contributed by atoms with van der Waals surface area (Å²) in [4.78, 5) is 34.2. The zero-order valence-electron chi connectivity index (χ0n) is 18.8. The molecule has 1 aliphatic heterocycles. The van der Waals surface area contributed by atoms with Gasteiger partial charge in [0, 0.05) is 55.7 Å². The summed E-state index contributed by atoms with van der Waals surface area (Å²) in [5, 5.41) is -0.0325. The zero-order valence-corrected chi connectivity index (χ0v) is 19.6. The van der Waals surface area contributed by atoms with Crippen molar-refractivity contribution in [3.63, 3.8) is 0 Å². The third-order valence-corrected chi connectivity index (χ3v) is 6.81. The number of halogens is 1. The Kier molecular flexibility index (Phi) is 6.07. The first-order valence-corrected chi connectivity index (χ1v) is 11.6. The molecule has 0 N–H and O–H groups in total. The topological polar surface area (TPSA) is 62.7 Å². The van der Waals surface area contributed by atoms with E-state index < -0.39 is 5.78 Å². The standard InChI is InChI=1S/C27H24ClN3O3/c1-34-21-10-8-20(9-11-21)31-15-13-30(14-16-31)19-6-4-18(5-7-19)17-23-24(28)27(33)25-22(26(23)32)3-2-12-29-25/h2-12H,13-17H2,1H3. The number of carbonyl (C=O) groups is 2. The number of ketones is 2. The first-order valence-electron chi connectivity index (χ1n) is 11.2. The van der Waals surface area contributed by atoms with Crippen molar-refractivity contribution in [2.24, 2.45) is 0 Å². The van der Waals surface area contributed by atoms with E-state index in [-0.39, 0.29) is 16.5 Å². The molecule has 2 heterocycles. The summed E-state index contributed by atoms with van der Waals surface area (Å²) in [6.45, 7) is 3.69. The van der Waals surface area contributed by atoms with Crippen LogP contribution in [0.4, 0.5) is 11.4 Å². The number of pyridine rings is 1. The normalized spacial score (nSPS) is 16.1. The van der Waals surface area contributed by atoms with Gasteiger partial charge in [-0.3, -0.25) is 14.6 Å². The van der Waals surface area contributed by atoms with Crippen molar-refractivity contribution in [3.05, 3.63) is 94.3 Å². The Morgan fingerprint density at radius 1 is 0.853 bits per heavy atom. The van der Waals surface area contributed by atoms with Gasteiger partial charge in [0.25, 0.3) is 0 Å². The molecule has 172 valence electrons. The molecule has 1 aliphatic carbocycles. The Labute approximate surface area is 203 Å². The van der Waals surface area contributed by atoms with Crippen LogP contribution in [-0.2, 0) is 6.42 Å². The van der Waals surface area contributed by atoms with E-state index in [0.29, 0.717) is 17.6 Å². The number of ether oxygens (including phenoxy) is 1. The summed E-state index contributed by atoms with van der Waals surface area (Å²) in [6, 6.07) is 19.6. The number of methoxy groups -OCH3 is 1. The maximum absolute atomic E-state index is 12.9. The van der Waals surface area contributed by atoms with Crippen molar-refractivity contribution in [1.29, 1.82) is 0 Å². The van der Waals surface area contributed by atoms with E-state index in [2.05, 4.69) is 39.0 Å². The number of benzene rings is 2. The Morgan fingerprint density at radius 3 is 2.03 bits per heavy atom. The summed E-state index contributed by atoms with van der Waals surface area (Å²) in [5.74, 6) is 0.240. The Morgan fingerprint density at radius 2 is 1.44 bits per heavy atom. The van der Waals surface area contributed by atoms with Gasteiger partial charge in [0.2, 0.25) is 5.78 Å². The van der Waals surface area contributed by atoms with Crippen LogP contribution < -0.4 is 14.5 Å². The third kappa shape index (κ3) is 4.17. The predicted molar refractivity (Wildman–Crippen MR) is 133 cm³/mol. The number of aromatic nitrogens is 1. The van der Waals surface area contributed by atoms with Crippen molar-refractivity contribution in [3.8, 4) is 5.75 Å². The SMILES string of the molecule is COc1ccc(N2CCN(c3ccc(CC4=C(Cl)C(=O)c5ncccc5C4=O)cc3)CC2)cc1. The maximum Gasteiger partial charge on any atom is 0.223 e. The molecule has 0 spiro atoms. The number of rotatable bonds is 5. The first kappa shape index (κ1) is 22.2. The lowest BCUT2D eigenvalue weighted by Crippen LogP contribution is -2.46. The number of allylic oxidation sites excluding steroid dienone is 2. The lowest BCUT2D eigenvalue weighted by atomic mass is 9.89. The third-order valence-electron chi connectivity index (χ3n) is 6.41. The van der Waals surface area contributed by atoms with E-state index in [1.54, 1.807) is 19.2 Å². The number of anilines is 2. The highest BCUT2D eigenvalue weighted by Crippen LogP contribution is 2.30. The minimum Gasteiger partial charge on any atom is -0.497 e. The first-order chi connectivity index (χ1) is 16.5. The number of nitrogens with zero attached hydrogens (tertiary/aromatic N) is 3. The van der Waals surface area contributed by atoms with Gasteiger partial charge in [0.1, 0.15) is 11.4 Å². The van der Waals surface area contributed by atoms with Crippen LogP contribution in [0, 0.1) is 0 Å². The van der Waals surface area contributed by atoms with E-state index >= 15 is 0 Å². The Bertz CT molecular complexity index is 1260. The Balaban J connectivity index is 1.24. The molecule has 0 amide bonds. The van der Waals surface area contributed by atoms with Crippen LogP contribution in [0.15, 0.2) is 77.5 Å². The van der Waals surface area contributed by atoms with Crippen molar-refractivity contribution in [2.75, 3.05) is 43.1 Å². The van der Waals surface area contributed by atoms with Crippen LogP contribution in [0.25, 0.3) is 0 Å². The fourth-order valence-electron chi connectivity index (χ4n) is 4.48. The monoisotopic (exact) mass is 473 g/mol. The maximum atomic E-state index is 12.9. The number of fused-ring (bicyclic) bond motifs is 1. The van der Waals surface area contributed by atoms with E-state index in [9.17, 15) is 9.59 Å². The molecular formula is C27H24ClN3O3. The molecule has 34 heavy (non-hydrogen) atoms. The average molecular weight is 474 g/mol. The summed E-state index contributed by atoms with van der Waals surface area (Å²) in [5.41, 5.74) is 4.04. The van der Waals surface area contributed by atoms with E-state index in [0.717, 1.165) is 43.2 Å². The molecule has 1 fully saturated rings. The van der Waals surface area contributed by atoms with E-state index in [1.165, 1.54) is 11.9 Å². The number of hydrogen-bond acceptors (Lipinski definition) is 6. The van der Waals surface area contributed by atoms with Gasteiger partial charge in [-0.15, -0.1) is 0 Å². The van der Waals surface area contributed by atoms with Gasteiger partial charge in [-0.05, 0) is 54.1 Å². The smallest absolute Gasteiger partial charge is 0.223 e. The number of hydrogen-bond donors (Lipinski definition) is 0. The van der Waals surface area contributed by atoms with Gasteiger partial charge in [0.15, 0.2) is 5.78 Å². The molecule has 0 unspecified atom stereocenters. The molecule has 1 aromatic heterocycles. The fourth-order valence-corrected chi connectivity index (χ4v) is 4.72. The second-order valence-electron chi connectivity index (χ2n) is 8.37. The molecule has 0 atom stereocenters. The molecule has 0 saturated carbocycles. The number of carbonyl (C=O) groups excluding carboxylic acids is 2. The fraction of sp³-hybridized carbons (Fsp3) is 0.222. The highest BCUT2D eigenvalue weighted by molar-refractivity contribution is 6.49. The van der Waals surface area contributed by atoms with E-state index in [1.807, 2.05) is 24.3 Å². The van der Waals surface area contributed by atoms with Crippen molar-refractivity contribution in [1.82, 2.24) is 4.98 Å². The largest absolute Gasteiger partial charge is 0.497 e. The summed E-state index contributed by atoms with van der Waals surface area (Å²) >= 11 is 6.29. The van der Waals surface area contributed by atoms with Crippen molar-refractivity contribution in [2.45, 2.75) is 6.42 Å². The zero-order chi connectivity index (χ0) is 23.7. The van der Waals surface area contributed by atoms with Gasteiger partial charge in [-0.1, -0.05) is 23.7 Å². The van der Waals surface area contributed by atoms with Crippen molar-refractivity contribution < 1.29 is 14.3 Å². The molecule has 7 heteroatoms. The summed E-state index contributed by atoms with van der Waals surface area (Å²) in [6.07, 6.45) is 1.80. The van der Waals surface area contributed by atoms with Crippen LogP contribution in [0.5, 0.6) is 5.75 Å². The minimum absolute atomic E-state index is 0.0325. The van der Waals surface area contributed by atoms with Gasteiger partial charge in [-0.2, -0.15) is 0 Å². The van der Waals surface area contributed by atoms with Crippen LogP contribution in [0.1, 0.15) is 26.4 Å². The molecule has 5 rings (SSSR count). The second-order valence-corrected chi connectivity index (χ2v) is 8.74. The predicted octanol–water partition coefficient (Wildman–Crippen LogP) is 4.53. The molecule has 2 aromatic carbocycles. The number of piperazine rings is 1. The lowest BCUT2D eigenvalue weighted by molar-refractivity contribution is 0.0975. The second kappa shape index (κ2) is 9.31. The molecule has 6 nitrogen and oxygen atoms in total. The van der Waals surface area contributed by atoms with Crippen LogP contribution in [0.2, 0.25) is 0 Å². The molecule has 1 saturated heterocycles. The Hall–Kier alpha value is -3.64. The highest BCUT2D eigenvalue weighted by atomic mass is 35.5.